The summed E-state index contributed by atoms with van der Waals surface area (Å²) in [6.45, 7) is 1.40. The summed E-state index contributed by atoms with van der Waals surface area (Å²) < 4.78 is 15.7. The molecule has 0 bridgehead atoms. The normalized spacial score (nSPS) is 11.0. The summed E-state index contributed by atoms with van der Waals surface area (Å²) in [4.78, 5) is 18.4. The van der Waals surface area contributed by atoms with E-state index in [0.29, 0.717) is 11.3 Å². The van der Waals surface area contributed by atoms with E-state index in [-0.39, 0.29) is 23.5 Å². The van der Waals surface area contributed by atoms with E-state index in [2.05, 4.69) is 9.97 Å². The topological polar surface area (TPSA) is 96.6 Å². The summed E-state index contributed by atoms with van der Waals surface area (Å²) in [5.74, 6) is 0.937. The van der Waals surface area contributed by atoms with Crippen LogP contribution < -0.4 is 14.2 Å². The number of nitro groups is 1. The van der Waals surface area contributed by atoms with E-state index in [1.54, 1.807) is 24.3 Å². The van der Waals surface area contributed by atoms with Gasteiger partial charge in [0.25, 0.3) is 0 Å². The van der Waals surface area contributed by atoms with Gasteiger partial charge in [-0.15, -0.1) is 0 Å². The van der Waals surface area contributed by atoms with Crippen molar-refractivity contribution >= 4 is 6.08 Å². The Morgan fingerprint density at radius 2 is 1.78 bits per heavy atom. The first kappa shape index (κ1) is 16.2. The Bertz CT molecular complexity index is 723. The van der Waals surface area contributed by atoms with Gasteiger partial charge in [0.2, 0.25) is 17.5 Å². The fourth-order valence-corrected chi connectivity index (χ4v) is 1.71. The maximum absolute atomic E-state index is 10.8. The van der Waals surface area contributed by atoms with Gasteiger partial charge in [0.1, 0.15) is 5.75 Å². The molecule has 0 unspecified atom stereocenters. The van der Waals surface area contributed by atoms with Crippen LogP contribution in [0.15, 0.2) is 36.0 Å². The molecule has 0 saturated heterocycles. The molecule has 8 nitrogen and oxygen atoms in total. The number of rotatable bonds is 6. The van der Waals surface area contributed by atoms with Gasteiger partial charge in [0.15, 0.2) is 0 Å². The SMILES string of the molecule is COc1cc(OC)nc(Oc2ccccc2/C=C(\C)[N+](=O)[O-])n1. The summed E-state index contributed by atoms with van der Waals surface area (Å²) in [5, 5.41) is 10.8. The Kier molecular flexibility index (Phi) is 5.08. The van der Waals surface area contributed by atoms with E-state index in [9.17, 15) is 10.1 Å². The third-order valence-corrected chi connectivity index (χ3v) is 2.85. The van der Waals surface area contributed by atoms with Crippen LogP contribution in [0.2, 0.25) is 0 Å². The van der Waals surface area contributed by atoms with Crippen molar-refractivity contribution in [2.75, 3.05) is 14.2 Å². The lowest BCUT2D eigenvalue weighted by Gasteiger charge is -2.09. The molecule has 8 heteroatoms. The van der Waals surface area contributed by atoms with Crippen molar-refractivity contribution in [3.63, 3.8) is 0 Å². The Labute approximate surface area is 132 Å². The van der Waals surface area contributed by atoms with Crippen LogP contribution in [-0.2, 0) is 0 Å². The lowest BCUT2D eigenvalue weighted by atomic mass is 10.2. The second-order valence-corrected chi connectivity index (χ2v) is 4.42. The van der Waals surface area contributed by atoms with Gasteiger partial charge in [-0.3, -0.25) is 10.1 Å². The average molecular weight is 317 g/mol. The fourth-order valence-electron chi connectivity index (χ4n) is 1.71. The van der Waals surface area contributed by atoms with Gasteiger partial charge in [0, 0.05) is 18.6 Å². The van der Waals surface area contributed by atoms with Crippen molar-refractivity contribution in [1.29, 1.82) is 0 Å². The highest BCUT2D eigenvalue weighted by Gasteiger charge is 2.11. The standard InChI is InChI=1S/C15H15N3O5/c1-10(18(19)20)8-11-6-4-5-7-12(11)23-15-16-13(21-2)9-14(17-15)22-3/h4-9H,1-3H3/b10-8+. The Balaban J connectivity index is 2.38. The highest BCUT2D eigenvalue weighted by molar-refractivity contribution is 5.58. The predicted octanol–water partition coefficient (Wildman–Crippen LogP) is 2.92. The maximum atomic E-state index is 10.8. The van der Waals surface area contributed by atoms with E-state index in [1.165, 1.54) is 33.3 Å². The minimum atomic E-state index is -0.470. The molecule has 0 spiro atoms. The smallest absolute Gasteiger partial charge is 0.328 e. The number of para-hydroxylation sites is 1. The third kappa shape index (κ3) is 4.16. The van der Waals surface area contributed by atoms with Crippen molar-refractivity contribution in [3.05, 3.63) is 51.7 Å². The molecule has 0 N–H and O–H groups in total. The van der Waals surface area contributed by atoms with Crippen LogP contribution in [0.4, 0.5) is 0 Å². The zero-order valence-corrected chi connectivity index (χ0v) is 12.8. The molecule has 1 heterocycles. The molecule has 0 fully saturated rings. The first-order chi connectivity index (χ1) is 11.0. The van der Waals surface area contributed by atoms with Gasteiger partial charge in [0.05, 0.1) is 25.2 Å². The third-order valence-electron chi connectivity index (χ3n) is 2.85. The fraction of sp³-hybridized carbons (Fsp3) is 0.200. The molecule has 0 aliphatic rings. The van der Waals surface area contributed by atoms with Gasteiger partial charge in [-0.25, -0.2) is 0 Å². The number of nitrogens with zero attached hydrogens (tertiary/aromatic N) is 3. The number of ether oxygens (including phenoxy) is 3. The maximum Gasteiger partial charge on any atom is 0.328 e. The molecule has 2 rings (SSSR count). The van der Waals surface area contributed by atoms with Gasteiger partial charge in [-0.1, -0.05) is 18.2 Å². The van der Waals surface area contributed by atoms with E-state index in [0.717, 1.165) is 0 Å². The Morgan fingerprint density at radius 3 is 2.35 bits per heavy atom. The van der Waals surface area contributed by atoms with Crippen molar-refractivity contribution in [1.82, 2.24) is 9.97 Å². The summed E-state index contributed by atoms with van der Waals surface area (Å²) in [7, 11) is 2.92. The summed E-state index contributed by atoms with van der Waals surface area (Å²) >= 11 is 0. The monoisotopic (exact) mass is 317 g/mol. The zero-order valence-electron chi connectivity index (χ0n) is 12.8. The second kappa shape index (κ2) is 7.21. The van der Waals surface area contributed by atoms with Gasteiger partial charge in [-0.05, 0) is 6.07 Å². The van der Waals surface area contributed by atoms with Crippen molar-refractivity contribution in [3.8, 4) is 23.5 Å². The van der Waals surface area contributed by atoms with E-state index >= 15 is 0 Å². The molecule has 1 aromatic carbocycles. The van der Waals surface area contributed by atoms with Crippen molar-refractivity contribution in [2.45, 2.75) is 6.92 Å². The van der Waals surface area contributed by atoms with Crippen LogP contribution >= 0.6 is 0 Å². The van der Waals surface area contributed by atoms with Crippen LogP contribution in [-0.4, -0.2) is 29.1 Å². The quantitative estimate of drug-likeness (QED) is 0.597. The summed E-state index contributed by atoms with van der Waals surface area (Å²) in [6, 6.07) is 8.37. The van der Waals surface area contributed by atoms with E-state index in [4.69, 9.17) is 14.2 Å². The van der Waals surface area contributed by atoms with Crippen LogP contribution in [0.5, 0.6) is 23.5 Å². The summed E-state index contributed by atoms with van der Waals surface area (Å²) in [6.07, 6.45) is 1.41. The molecular weight excluding hydrogens is 302 g/mol. The molecule has 0 radical (unpaired) electrons. The number of benzene rings is 1. The van der Waals surface area contributed by atoms with Crippen molar-refractivity contribution < 1.29 is 19.1 Å². The minimum absolute atomic E-state index is 0.00908. The molecule has 1 aromatic heterocycles. The van der Waals surface area contributed by atoms with Crippen LogP contribution in [0, 0.1) is 10.1 Å². The largest absolute Gasteiger partial charge is 0.481 e. The van der Waals surface area contributed by atoms with Gasteiger partial charge >= 0.3 is 6.01 Å². The number of hydrogen-bond acceptors (Lipinski definition) is 7. The molecule has 0 saturated carbocycles. The Morgan fingerprint density at radius 1 is 1.17 bits per heavy atom. The van der Waals surface area contributed by atoms with E-state index < -0.39 is 4.92 Å². The molecule has 0 aliphatic carbocycles. The van der Waals surface area contributed by atoms with Crippen molar-refractivity contribution in [2.24, 2.45) is 0 Å². The van der Waals surface area contributed by atoms with E-state index in [1.807, 2.05) is 0 Å². The zero-order chi connectivity index (χ0) is 16.8. The van der Waals surface area contributed by atoms with Crippen LogP contribution in [0.25, 0.3) is 6.08 Å². The lowest BCUT2D eigenvalue weighted by Crippen LogP contribution is -1.99. The second-order valence-electron chi connectivity index (χ2n) is 4.42. The molecule has 23 heavy (non-hydrogen) atoms. The molecule has 120 valence electrons. The number of methoxy groups -OCH3 is 2. The van der Waals surface area contributed by atoms with Gasteiger partial charge < -0.3 is 14.2 Å². The first-order valence-electron chi connectivity index (χ1n) is 6.60. The van der Waals surface area contributed by atoms with Crippen LogP contribution in [0.1, 0.15) is 12.5 Å². The molecule has 0 amide bonds. The molecule has 2 aromatic rings. The highest BCUT2D eigenvalue weighted by atomic mass is 16.6. The number of hydrogen-bond donors (Lipinski definition) is 0. The first-order valence-corrected chi connectivity index (χ1v) is 6.60. The van der Waals surface area contributed by atoms with Gasteiger partial charge in [-0.2, -0.15) is 9.97 Å². The molecular formula is C15H15N3O5. The molecule has 0 atom stereocenters. The number of aromatic nitrogens is 2. The van der Waals surface area contributed by atoms with Crippen LogP contribution in [0.3, 0.4) is 0 Å². The minimum Gasteiger partial charge on any atom is -0.481 e. The predicted molar refractivity (Wildman–Crippen MR) is 82.3 cm³/mol. The average Bonchev–Trinajstić information content (AvgIpc) is 2.56. The summed E-state index contributed by atoms with van der Waals surface area (Å²) in [5.41, 5.74) is 0.525. The highest BCUT2D eigenvalue weighted by Crippen LogP contribution is 2.27. The lowest BCUT2D eigenvalue weighted by molar-refractivity contribution is -0.422. The number of allylic oxidation sites excluding steroid dienone is 1. The molecule has 0 aliphatic heterocycles. The Hall–Kier alpha value is -3.16.